The number of benzene rings is 2. The summed E-state index contributed by atoms with van der Waals surface area (Å²) < 4.78 is 5.52. The lowest BCUT2D eigenvalue weighted by atomic mass is 10.2. The number of ether oxygens (including phenoxy) is 1. The number of thiocarbonyl (C=S) groups is 1. The molecule has 0 fully saturated rings. The summed E-state index contributed by atoms with van der Waals surface area (Å²) in [6.07, 6.45) is 0.791. The van der Waals surface area contributed by atoms with Gasteiger partial charge < -0.3 is 4.74 Å². The molecule has 17 heavy (non-hydrogen) atoms. The second-order valence-electron chi connectivity index (χ2n) is 3.44. The molecule has 0 saturated heterocycles. The van der Waals surface area contributed by atoms with Crippen LogP contribution in [0.25, 0.3) is 0 Å². The van der Waals surface area contributed by atoms with E-state index in [1.54, 1.807) is 24.3 Å². The van der Waals surface area contributed by atoms with Gasteiger partial charge in [-0.25, -0.2) is 0 Å². The van der Waals surface area contributed by atoms with Crippen LogP contribution in [0.3, 0.4) is 0 Å². The van der Waals surface area contributed by atoms with E-state index in [0.717, 1.165) is 11.8 Å². The Hall–Kier alpha value is -2.00. The Labute approximate surface area is 105 Å². The average Bonchev–Trinajstić information content (AvgIpc) is 2.40. The third kappa shape index (κ3) is 2.98. The molecule has 0 amide bonds. The fourth-order valence-electron chi connectivity index (χ4n) is 1.35. The molecule has 0 unspecified atom stereocenters. The van der Waals surface area contributed by atoms with E-state index in [1.165, 1.54) is 0 Å². The molecule has 0 aliphatic heterocycles. The highest BCUT2D eigenvalue weighted by molar-refractivity contribution is 7.80. The highest BCUT2D eigenvalue weighted by Crippen LogP contribution is 2.14. The van der Waals surface area contributed by atoms with Gasteiger partial charge in [0.1, 0.15) is 12.0 Å². The summed E-state index contributed by atoms with van der Waals surface area (Å²) in [4.78, 5) is 10.5. The molecular formula is C14H10O2S. The van der Waals surface area contributed by atoms with E-state index < -0.39 is 0 Å². The van der Waals surface area contributed by atoms with Crippen molar-refractivity contribution in [2.24, 2.45) is 0 Å². The third-order valence-electron chi connectivity index (χ3n) is 2.24. The molecule has 0 bridgehead atoms. The van der Waals surface area contributed by atoms with Gasteiger partial charge in [-0.2, -0.15) is 0 Å². The van der Waals surface area contributed by atoms with Crippen LogP contribution in [0.5, 0.6) is 5.75 Å². The summed E-state index contributed by atoms with van der Waals surface area (Å²) in [6, 6.07) is 16.3. The number of hydrogen-bond donors (Lipinski definition) is 0. The molecule has 0 heterocycles. The minimum atomic E-state index is 0.421. The van der Waals surface area contributed by atoms with Gasteiger partial charge in [-0.05, 0) is 36.5 Å². The van der Waals surface area contributed by atoms with Crippen molar-refractivity contribution >= 4 is 23.6 Å². The molecule has 2 aromatic rings. The van der Waals surface area contributed by atoms with E-state index >= 15 is 0 Å². The number of aldehydes is 1. The monoisotopic (exact) mass is 242 g/mol. The second-order valence-corrected chi connectivity index (χ2v) is 3.81. The Morgan fingerprint density at radius 2 is 1.65 bits per heavy atom. The minimum Gasteiger partial charge on any atom is -0.445 e. The Kier molecular flexibility index (Phi) is 3.62. The van der Waals surface area contributed by atoms with Crippen LogP contribution in [0, 0.1) is 0 Å². The molecule has 0 atom stereocenters. The summed E-state index contributed by atoms with van der Waals surface area (Å²) in [5.41, 5.74) is 1.48. The van der Waals surface area contributed by atoms with E-state index in [2.05, 4.69) is 0 Å². The van der Waals surface area contributed by atoms with Gasteiger partial charge in [-0.15, -0.1) is 0 Å². The van der Waals surface area contributed by atoms with Crippen molar-refractivity contribution in [2.75, 3.05) is 0 Å². The first kappa shape index (κ1) is 11.5. The number of carbonyl (C=O) groups is 1. The van der Waals surface area contributed by atoms with Gasteiger partial charge in [0, 0.05) is 11.1 Å². The van der Waals surface area contributed by atoms with Gasteiger partial charge >= 0.3 is 0 Å². The SMILES string of the molecule is O=Cc1ccc(OC(=S)c2ccccc2)cc1. The Balaban J connectivity index is 2.10. The molecule has 0 aliphatic rings. The molecule has 0 aliphatic carbocycles. The topological polar surface area (TPSA) is 26.3 Å². The van der Waals surface area contributed by atoms with Crippen LogP contribution >= 0.6 is 12.2 Å². The van der Waals surface area contributed by atoms with Crippen LogP contribution in [0.1, 0.15) is 15.9 Å². The summed E-state index contributed by atoms with van der Waals surface area (Å²) in [6.45, 7) is 0. The first-order valence-corrected chi connectivity index (χ1v) is 5.53. The summed E-state index contributed by atoms with van der Waals surface area (Å²) >= 11 is 5.17. The van der Waals surface area contributed by atoms with E-state index in [9.17, 15) is 4.79 Å². The predicted octanol–water partition coefficient (Wildman–Crippen LogP) is 3.25. The first-order valence-electron chi connectivity index (χ1n) is 5.12. The van der Waals surface area contributed by atoms with E-state index in [1.807, 2.05) is 30.3 Å². The zero-order valence-electron chi connectivity index (χ0n) is 9.00. The lowest BCUT2D eigenvalue weighted by molar-refractivity contribution is 0.112. The highest BCUT2D eigenvalue weighted by Gasteiger charge is 2.02. The molecule has 2 rings (SSSR count). The van der Waals surface area contributed by atoms with E-state index in [-0.39, 0.29) is 0 Å². The van der Waals surface area contributed by atoms with Crippen molar-refractivity contribution in [2.45, 2.75) is 0 Å². The number of rotatable bonds is 3. The molecule has 0 spiro atoms. The molecule has 3 heteroatoms. The molecule has 0 N–H and O–H groups in total. The van der Waals surface area contributed by atoms with Crippen molar-refractivity contribution in [3.8, 4) is 5.75 Å². The lowest BCUT2D eigenvalue weighted by Gasteiger charge is -2.06. The van der Waals surface area contributed by atoms with Crippen LogP contribution in [0.15, 0.2) is 54.6 Å². The summed E-state index contributed by atoms with van der Waals surface area (Å²) in [7, 11) is 0. The second kappa shape index (κ2) is 5.37. The minimum absolute atomic E-state index is 0.421. The van der Waals surface area contributed by atoms with Crippen LogP contribution in [-0.4, -0.2) is 11.3 Å². The third-order valence-corrected chi connectivity index (χ3v) is 2.56. The van der Waals surface area contributed by atoms with Crippen LogP contribution < -0.4 is 4.74 Å². The number of hydrogen-bond acceptors (Lipinski definition) is 3. The molecule has 0 radical (unpaired) electrons. The van der Waals surface area contributed by atoms with Gasteiger partial charge in [-0.3, -0.25) is 4.79 Å². The van der Waals surface area contributed by atoms with Crippen LogP contribution in [0.4, 0.5) is 0 Å². The molecule has 2 nitrogen and oxygen atoms in total. The van der Waals surface area contributed by atoms with Gasteiger partial charge in [0.05, 0.1) is 0 Å². The lowest BCUT2D eigenvalue weighted by Crippen LogP contribution is -2.06. The Morgan fingerprint density at radius 3 is 2.24 bits per heavy atom. The molecule has 2 aromatic carbocycles. The Morgan fingerprint density at radius 1 is 1.00 bits per heavy atom. The van der Waals surface area contributed by atoms with Gasteiger partial charge in [0.15, 0.2) is 5.05 Å². The molecule has 84 valence electrons. The maximum atomic E-state index is 10.5. The quantitative estimate of drug-likeness (QED) is 0.610. The molecule has 0 aromatic heterocycles. The maximum Gasteiger partial charge on any atom is 0.198 e. The zero-order valence-corrected chi connectivity index (χ0v) is 9.81. The van der Waals surface area contributed by atoms with E-state index in [4.69, 9.17) is 17.0 Å². The van der Waals surface area contributed by atoms with Crippen molar-refractivity contribution in [3.63, 3.8) is 0 Å². The first-order chi connectivity index (χ1) is 8.29. The number of carbonyl (C=O) groups excluding carboxylic acids is 1. The average molecular weight is 242 g/mol. The van der Waals surface area contributed by atoms with Gasteiger partial charge in [-0.1, -0.05) is 30.3 Å². The Bertz CT molecular complexity index is 518. The molecular weight excluding hydrogens is 232 g/mol. The smallest absolute Gasteiger partial charge is 0.198 e. The van der Waals surface area contributed by atoms with E-state index in [0.29, 0.717) is 16.4 Å². The van der Waals surface area contributed by atoms with Crippen LogP contribution in [0.2, 0.25) is 0 Å². The predicted molar refractivity (Wildman–Crippen MR) is 70.6 cm³/mol. The summed E-state index contributed by atoms with van der Waals surface area (Å²) in [5, 5.41) is 0.421. The highest BCUT2D eigenvalue weighted by atomic mass is 32.1. The van der Waals surface area contributed by atoms with Crippen molar-refractivity contribution in [3.05, 3.63) is 65.7 Å². The fourth-order valence-corrected chi connectivity index (χ4v) is 1.59. The van der Waals surface area contributed by atoms with Gasteiger partial charge in [0.25, 0.3) is 0 Å². The fraction of sp³-hybridized carbons (Fsp3) is 0. The van der Waals surface area contributed by atoms with Gasteiger partial charge in [0.2, 0.25) is 0 Å². The normalized spacial score (nSPS) is 9.65. The zero-order chi connectivity index (χ0) is 12.1. The standard InChI is InChI=1S/C14H10O2S/c15-10-11-6-8-13(9-7-11)16-14(17)12-4-2-1-3-5-12/h1-10H. The largest absolute Gasteiger partial charge is 0.445 e. The molecule has 0 saturated carbocycles. The van der Waals surface area contributed by atoms with Crippen molar-refractivity contribution in [1.29, 1.82) is 0 Å². The maximum absolute atomic E-state index is 10.5. The van der Waals surface area contributed by atoms with Crippen molar-refractivity contribution in [1.82, 2.24) is 0 Å². The summed E-state index contributed by atoms with van der Waals surface area (Å²) in [5.74, 6) is 0.629. The van der Waals surface area contributed by atoms with Crippen molar-refractivity contribution < 1.29 is 9.53 Å². The van der Waals surface area contributed by atoms with Crippen LogP contribution in [-0.2, 0) is 0 Å².